The van der Waals surface area contributed by atoms with E-state index in [1.807, 2.05) is 0 Å². The average Bonchev–Trinajstić information content (AvgIpc) is 2.45. The number of halogens is 6. The maximum absolute atomic E-state index is 13.1. The van der Waals surface area contributed by atoms with E-state index in [0.29, 0.717) is 6.07 Å². The van der Waals surface area contributed by atoms with Gasteiger partial charge in [-0.15, -0.1) is 0 Å². The molecule has 2 rings (SSSR count). The van der Waals surface area contributed by atoms with E-state index in [2.05, 4.69) is 4.98 Å². The van der Waals surface area contributed by atoms with E-state index in [1.165, 1.54) is 19.4 Å². The second-order valence-corrected chi connectivity index (χ2v) is 4.37. The second kappa shape index (κ2) is 5.51. The molecule has 0 bridgehead atoms. The Bertz CT molecular complexity index is 678. The highest BCUT2D eigenvalue weighted by Crippen LogP contribution is 2.41. The van der Waals surface area contributed by atoms with Crippen molar-refractivity contribution in [2.24, 2.45) is 0 Å². The number of methoxy groups -OCH3 is 1. The molecule has 8 heteroatoms. The third kappa shape index (κ3) is 3.32. The van der Waals surface area contributed by atoms with E-state index < -0.39 is 29.0 Å². The first-order valence-corrected chi connectivity index (χ1v) is 5.91. The van der Waals surface area contributed by atoms with Crippen LogP contribution in [0.2, 0.25) is 0 Å². The summed E-state index contributed by atoms with van der Waals surface area (Å²) in [6, 6.07) is 2.74. The molecule has 0 saturated heterocycles. The van der Waals surface area contributed by atoms with Crippen LogP contribution in [-0.2, 0) is 12.4 Å². The van der Waals surface area contributed by atoms with Crippen LogP contribution in [0.15, 0.2) is 36.7 Å². The summed E-state index contributed by atoms with van der Waals surface area (Å²) >= 11 is 0. The Morgan fingerprint density at radius 1 is 0.909 bits per heavy atom. The highest BCUT2D eigenvalue weighted by atomic mass is 19.4. The first-order valence-electron chi connectivity index (χ1n) is 5.91. The van der Waals surface area contributed by atoms with Gasteiger partial charge in [-0.2, -0.15) is 26.3 Å². The summed E-state index contributed by atoms with van der Waals surface area (Å²) < 4.78 is 81.9. The highest BCUT2D eigenvalue weighted by molar-refractivity contribution is 5.69. The molecule has 0 aliphatic heterocycles. The predicted octanol–water partition coefficient (Wildman–Crippen LogP) is 4.79. The Kier molecular flexibility index (Phi) is 4.04. The van der Waals surface area contributed by atoms with Crippen molar-refractivity contribution in [3.63, 3.8) is 0 Å². The van der Waals surface area contributed by atoms with Crippen LogP contribution in [0.25, 0.3) is 11.1 Å². The van der Waals surface area contributed by atoms with E-state index >= 15 is 0 Å². The first kappa shape index (κ1) is 16.1. The number of ether oxygens (including phenoxy) is 1. The Balaban J connectivity index is 2.65. The zero-order valence-electron chi connectivity index (χ0n) is 11.1. The van der Waals surface area contributed by atoms with Crippen molar-refractivity contribution in [3.8, 4) is 16.9 Å². The van der Waals surface area contributed by atoms with E-state index in [0.717, 1.165) is 12.3 Å². The molecule has 118 valence electrons. The molecule has 0 amide bonds. The van der Waals surface area contributed by atoms with Crippen LogP contribution < -0.4 is 4.74 Å². The molecule has 0 N–H and O–H groups in total. The van der Waals surface area contributed by atoms with Gasteiger partial charge in [-0.3, -0.25) is 4.98 Å². The fourth-order valence-electron chi connectivity index (χ4n) is 1.88. The molecule has 0 spiro atoms. The SMILES string of the molecule is COc1cncc(-c2ccc(C(F)(F)F)cc2C(F)(F)F)c1. The monoisotopic (exact) mass is 321 g/mol. The van der Waals surface area contributed by atoms with Crippen LogP contribution in [0.1, 0.15) is 11.1 Å². The lowest BCUT2D eigenvalue weighted by atomic mass is 9.98. The smallest absolute Gasteiger partial charge is 0.417 e. The minimum atomic E-state index is -4.93. The summed E-state index contributed by atoms with van der Waals surface area (Å²) in [6.45, 7) is 0. The molecule has 2 aromatic rings. The Hall–Kier alpha value is -2.25. The summed E-state index contributed by atoms with van der Waals surface area (Å²) in [4.78, 5) is 3.71. The van der Waals surface area contributed by atoms with Crippen LogP contribution in [0.5, 0.6) is 5.75 Å². The van der Waals surface area contributed by atoms with Gasteiger partial charge in [0.2, 0.25) is 0 Å². The van der Waals surface area contributed by atoms with Crippen molar-refractivity contribution in [1.82, 2.24) is 4.98 Å². The molecule has 0 atom stereocenters. The van der Waals surface area contributed by atoms with Crippen molar-refractivity contribution in [3.05, 3.63) is 47.8 Å². The lowest BCUT2D eigenvalue weighted by Gasteiger charge is -2.16. The van der Waals surface area contributed by atoms with Gasteiger partial charge in [0, 0.05) is 11.8 Å². The average molecular weight is 321 g/mol. The first-order chi connectivity index (χ1) is 10.1. The van der Waals surface area contributed by atoms with Crippen LogP contribution in [-0.4, -0.2) is 12.1 Å². The van der Waals surface area contributed by atoms with Gasteiger partial charge >= 0.3 is 12.4 Å². The molecule has 0 unspecified atom stereocenters. The van der Waals surface area contributed by atoms with E-state index in [-0.39, 0.29) is 17.4 Å². The number of aromatic nitrogens is 1. The number of hydrogen-bond donors (Lipinski definition) is 0. The summed E-state index contributed by atoms with van der Waals surface area (Å²) in [5.74, 6) is 0.200. The van der Waals surface area contributed by atoms with E-state index in [1.54, 1.807) is 0 Å². The lowest BCUT2D eigenvalue weighted by Crippen LogP contribution is -2.12. The Labute approximate surface area is 121 Å². The van der Waals surface area contributed by atoms with E-state index in [4.69, 9.17) is 4.74 Å². The minimum absolute atomic E-state index is 0.0143. The molecule has 0 saturated carbocycles. The van der Waals surface area contributed by atoms with Crippen LogP contribution in [0.4, 0.5) is 26.3 Å². The largest absolute Gasteiger partial charge is 0.495 e. The van der Waals surface area contributed by atoms with Crippen LogP contribution in [0, 0.1) is 0 Å². The molecule has 1 heterocycles. The zero-order chi connectivity index (χ0) is 16.5. The number of benzene rings is 1. The Morgan fingerprint density at radius 2 is 1.59 bits per heavy atom. The molecule has 0 fully saturated rings. The molecule has 22 heavy (non-hydrogen) atoms. The lowest BCUT2D eigenvalue weighted by molar-refractivity contribution is -0.142. The van der Waals surface area contributed by atoms with Crippen molar-refractivity contribution in [2.75, 3.05) is 7.11 Å². The van der Waals surface area contributed by atoms with Gasteiger partial charge in [0.15, 0.2) is 0 Å². The Morgan fingerprint density at radius 3 is 2.14 bits per heavy atom. The molecule has 0 aliphatic carbocycles. The second-order valence-electron chi connectivity index (χ2n) is 4.37. The van der Waals surface area contributed by atoms with Gasteiger partial charge in [-0.1, -0.05) is 6.07 Å². The fraction of sp³-hybridized carbons (Fsp3) is 0.214. The van der Waals surface area contributed by atoms with Gasteiger partial charge < -0.3 is 4.74 Å². The molecule has 2 nitrogen and oxygen atoms in total. The maximum atomic E-state index is 13.1. The predicted molar refractivity (Wildman–Crippen MR) is 66.2 cm³/mol. The summed E-state index contributed by atoms with van der Waals surface area (Å²) in [5.41, 5.74) is -3.12. The van der Waals surface area contributed by atoms with Crippen molar-refractivity contribution < 1.29 is 31.1 Å². The fourth-order valence-corrected chi connectivity index (χ4v) is 1.88. The summed E-state index contributed by atoms with van der Waals surface area (Å²) in [5, 5.41) is 0. The van der Waals surface area contributed by atoms with Gasteiger partial charge in [-0.05, 0) is 23.8 Å². The van der Waals surface area contributed by atoms with Crippen molar-refractivity contribution >= 4 is 0 Å². The van der Waals surface area contributed by atoms with Gasteiger partial charge in [0.25, 0.3) is 0 Å². The van der Waals surface area contributed by atoms with Crippen LogP contribution in [0.3, 0.4) is 0 Å². The molecule has 1 aromatic carbocycles. The third-order valence-electron chi connectivity index (χ3n) is 2.91. The number of nitrogens with zero attached hydrogens (tertiary/aromatic N) is 1. The number of hydrogen-bond acceptors (Lipinski definition) is 2. The van der Waals surface area contributed by atoms with Crippen molar-refractivity contribution in [1.29, 1.82) is 0 Å². The summed E-state index contributed by atoms with van der Waals surface area (Å²) in [6.07, 6.45) is -7.38. The van der Waals surface area contributed by atoms with Gasteiger partial charge in [0.1, 0.15) is 5.75 Å². The normalized spacial score (nSPS) is 12.3. The molecule has 0 aliphatic rings. The van der Waals surface area contributed by atoms with Crippen LogP contribution >= 0.6 is 0 Å². The molecular weight excluding hydrogens is 312 g/mol. The van der Waals surface area contributed by atoms with Gasteiger partial charge in [0.05, 0.1) is 24.4 Å². The molecule has 0 radical (unpaired) electrons. The molecular formula is C14H9F6NO. The molecule has 1 aromatic heterocycles. The quantitative estimate of drug-likeness (QED) is 0.742. The number of rotatable bonds is 2. The highest BCUT2D eigenvalue weighted by Gasteiger charge is 2.38. The third-order valence-corrected chi connectivity index (χ3v) is 2.91. The maximum Gasteiger partial charge on any atom is 0.417 e. The summed E-state index contributed by atoms with van der Waals surface area (Å²) in [7, 11) is 1.30. The van der Waals surface area contributed by atoms with E-state index in [9.17, 15) is 26.3 Å². The van der Waals surface area contributed by atoms with Crippen molar-refractivity contribution in [2.45, 2.75) is 12.4 Å². The standard InChI is InChI=1S/C14H9F6NO/c1-22-10-4-8(6-21-7-10)11-3-2-9(13(15,16)17)5-12(11)14(18,19)20/h2-7H,1H3. The topological polar surface area (TPSA) is 22.1 Å². The zero-order valence-corrected chi connectivity index (χ0v) is 11.1. The minimum Gasteiger partial charge on any atom is -0.495 e. The van der Waals surface area contributed by atoms with Gasteiger partial charge in [-0.25, -0.2) is 0 Å². The number of alkyl halides is 6. The number of pyridine rings is 1.